The van der Waals surface area contributed by atoms with Gasteiger partial charge in [-0.25, -0.2) is 4.98 Å². The Morgan fingerprint density at radius 2 is 2.40 bits per heavy atom. The van der Waals surface area contributed by atoms with Crippen LogP contribution in [0.2, 0.25) is 0 Å². The maximum Gasteiger partial charge on any atom is 0.238 e. The lowest BCUT2D eigenvalue weighted by molar-refractivity contribution is 0.0454. The van der Waals surface area contributed by atoms with Gasteiger partial charge in [-0.2, -0.15) is 0 Å². The molecule has 5 heteroatoms. The lowest BCUT2D eigenvalue weighted by Gasteiger charge is -2.24. The lowest BCUT2D eigenvalue weighted by atomic mass is 10.4. The van der Waals surface area contributed by atoms with Gasteiger partial charge in [-0.3, -0.25) is 0 Å². The summed E-state index contributed by atoms with van der Waals surface area (Å²) in [6.45, 7) is 4.11. The Kier molecular flexibility index (Phi) is 3.33. The zero-order valence-corrected chi connectivity index (χ0v) is 9.42. The molecule has 0 spiro atoms. The average Bonchev–Trinajstić information content (AvgIpc) is 2.17. The van der Waals surface area contributed by atoms with Crippen LogP contribution in [0.3, 0.4) is 0 Å². The highest BCUT2D eigenvalue weighted by molar-refractivity contribution is 8.00. The van der Waals surface area contributed by atoms with Crippen molar-refractivity contribution in [2.24, 2.45) is 0 Å². The second-order valence-corrected chi connectivity index (χ2v) is 4.57. The van der Waals surface area contributed by atoms with Gasteiger partial charge in [-0.15, -0.1) is 0 Å². The molecule has 82 valence electrons. The van der Waals surface area contributed by atoms with Gasteiger partial charge >= 0.3 is 0 Å². The molecule has 2 rings (SSSR count). The zero-order valence-electron chi connectivity index (χ0n) is 8.60. The first-order valence-electron chi connectivity index (χ1n) is 4.93. The van der Waals surface area contributed by atoms with Gasteiger partial charge < -0.3 is 15.2 Å². The zero-order chi connectivity index (χ0) is 10.7. The summed E-state index contributed by atoms with van der Waals surface area (Å²) >= 11 is 1.71. The molecule has 1 aliphatic rings. The topological polar surface area (TPSA) is 57.4 Å². The molecule has 1 fully saturated rings. The van der Waals surface area contributed by atoms with Crippen LogP contribution in [0.25, 0.3) is 0 Å². The maximum atomic E-state index is 5.73. The summed E-state index contributed by atoms with van der Waals surface area (Å²) in [7, 11) is 0. The Bertz CT molecular complexity index is 342. The Morgan fingerprint density at radius 3 is 3.00 bits per heavy atom. The predicted molar refractivity (Wildman–Crippen MR) is 60.3 cm³/mol. The molecular weight excluding hydrogens is 212 g/mol. The van der Waals surface area contributed by atoms with Crippen molar-refractivity contribution < 1.29 is 9.47 Å². The largest absolute Gasteiger partial charge is 0.476 e. The van der Waals surface area contributed by atoms with Gasteiger partial charge in [-0.1, -0.05) is 11.8 Å². The third-order valence-corrected chi connectivity index (χ3v) is 3.11. The van der Waals surface area contributed by atoms with E-state index in [0.717, 1.165) is 18.2 Å². The highest BCUT2D eigenvalue weighted by Gasteiger charge is 2.20. The molecule has 1 aliphatic heterocycles. The Hall–Kier alpha value is -0.940. The number of hydrogen-bond acceptors (Lipinski definition) is 5. The average molecular weight is 226 g/mol. The number of pyridine rings is 1. The van der Waals surface area contributed by atoms with Crippen LogP contribution in [-0.2, 0) is 4.74 Å². The number of nitrogens with zero attached hydrogens (tertiary/aromatic N) is 1. The van der Waals surface area contributed by atoms with Crippen molar-refractivity contribution in [2.45, 2.75) is 17.2 Å². The first-order valence-corrected chi connectivity index (χ1v) is 5.81. The number of ether oxygens (including phenoxy) is 2. The molecule has 0 amide bonds. The summed E-state index contributed by atoms with van der Waals surface area (Å²) in [5, 5.41) is 1.47. The fourth-order valence-electron chi connectivity index (χ4n) is 1.21. The van der Waals surface area contributed by atoms with Crippen molar-refractivity contribution in [3.8, 4) is 5.88 Å². The third kappa shape index (κ3) is 2.54. The van der Waals surface area contributed by atoms with Gasteiger partial charge in [0, 0.05) is 0 Å². The molecule has 0 aliphatic carbocycles. The molecular formula is C10H14N2O2S. The summed E-state index contributed by atoms with van der Waals surface area (Å²) in [4.78, 5) is 4.34. The van der Waals surface area contributed by atoms with E-state index in [0.29, 0.717) is 23.4 Å². The van der Waals surface area contributed by atoms with Gasteiger partial charge in [0.25, 0.3) is 0 Å². The molecule has 0 atom stereocenters. The minimum atomic E-state index is 0.524. The fraction of sp³-hybridized carbons (Fsp3) is 0.500. The van der Waals surface area contributed by atoms with Crippen molar-refractivity contribution in [1.82, 2.24) is 4.98 Å². The predicted octanol–water partition coefficient (Wildman–Crippen LogP) is 1.55. The Morgan fingerprint density at radius 1 is 1.60 bits per heavy atom. The van der Waals surface area contributed by atoms with Crippen LogP contribution >= 0.6 is 11.8 Å². The molecule has 2 heterocycles. The number of thioether (sulfide) groups is 1. The summed E-state index contributed by atoms with van der Waals surface area (Å²) < 4.78 is 10.4. The monoisotopic (exact) mass is 226 g/mol. The Labute approximate surface area is 93.2 Å². The van der Waals surface area contributed by atoms with E-state index in [2.05, 4.69) is 4.98 Å². The van der Waals surface area contributed by atoms with Crippen LogP contribution in [0.1, 0.15) is 6.92 Å². The van der Waals surface area contributed by atoms with Crippen LogP contribution in [0, 0.1) is 0 Å². The molecule has 2 N–H and O–H groups in total. The molecule has 1 aromatic rings. The van der Waals surface area contributed by atoms with E-state index in [4.69, 9.17) is 15.2 Å². The number of anilines is 1. The number of nitrogen functional groups attached to an aromatic ring is 1. The van der Waals surface area contributed by atoms with E-state index >= 15 is 0 Å². The molecule has 0 radical (unpaired) electrons. The number of hydrogen-bond donors (Lipinski definition) is 1. The highest BCUT2D eigenvalue weighted by Crippen LogP contribution is 2.29. The second-order valence-electron chi connectivity index (χ2n) is 3.25. The van der Waals surface area contributed by atoms with Crippen molar-refractivity contribution >= 4 is 17.4 Å². The third-order valence-electron chi connectivity index (χ3n) is 2.04. The van der Waals surface area contributed by atoms with Crippen molar-refractivity contribution in [3.63, 3.8) is 0 Å². The molecule has 0 aromatic carbocycles. The lowest BCUT2D eigenvalue weighted by Crippen LogP contribution is -2.30. The first kappa shape index (κ1) is 10.6. The number of aromatic nitrogens is 1. The van der Waals surface area contributed by atoms with E-state index in [1.54, 1.807) is 11.8 Å². The maximum absolute atomic E-state index is 5.73. The van der Waals surface area contributed by atoms with Gasteiger partial charge in [0.15, 0.2) is 0 Å². The molecule has 15 heavy (non-hydrogen) atoms. The van der Waals surface area contributed by atoms with Gasteiger partial charge in [-0.05, 0) is 19.1 Å². The molecule has 0 unspecified atom stereocenters. The minimum absolute atomic E-state index is 0.524. The quantitative estimate of drug-likeness (QED) is 0.844. The minimum Gasteiger partial charge on any atom is -0.476 e. The van der Waals surface area contributed by atoms with Crippen LogP contribution in [0.4, 0.5) is 5.69 Å². The van der Waals surface area contributed by atoms with Gasteiger partial charge in [0.05, 0.1) is 30.8 Å². The van der Waals surface area contributed by atoms with Crippen molar-refractivity contribution in [2.75, 3.05) is 25.6 Å². The molecule has 1 aromatic heterocycles. The van der Waals surface area contributed by atoms with E-state index in [-0.39, 0.29) is 0 Å². The molecule has 0 bridgehead atoms. The summed E-state index contributed by atoms with van der Waals surface area (Å²) in [6, 6.07) is 3.75. The van der Waals surface area contributed by atoms with E-state index < -0.39 is 0 Å². The first-order chi connectivity index (χ1) is 7.29. The Balaban J connectivity index is 2.06. The van der Waals surface area contributed by atoms with Crippen LogP contribution < -0.4 is 10.5 Å². The van der Waals surface area contributed by atoms with E-state index in [1.165, 1.54) is 0 Å². The molecule has 1 saturated heterocycles. The van der Waals surface area contributed by atoms with Crippen molar-refractivity contribution in [3.05, 3.63) is 12.1 Å². The summed E-state index contributed by atoms with van der Waals surface area (Å²) in [5.74, 6) is 0.530. The SMILES string of the molecule is CCOc1nc(SC2COC2)ccc1N. The smallest absolute Gasteiger partial charge is 0.238 e. The number of nitrogens with two attached hydrogens (primary N) is 1. The normalized spacial score (nSPS) is 16.1. The van der Waals surface area contributed by atoms with Crippen LogP contribution in [0.5, 0.6) is 5.88 Å². The molecule has 4 nitrogen and oxygen atoms in total. The highest BCUT2D eigenvalue weighted by atomic mass is 32.2. The van der Waals surface area contributed by atoms with E-state index in [1.807, 2.05) is 19.1 Å². The summed E-state index contributed by atoms with van der Waals surface area (Å²) in [5.41, 5.74) is 6.32. The molecule has 0 saturated carbocycles. The summed E-state index contributed by atoms with van der Waals surface area (Å²) in [6.07, 6.45) is 0. The van der Waals surface area contributed by atoms with Gasteiger partial charge in [0.1, 0.15) is 5.03 Å². The second kappa shape index (κ2) is 4.72. The van der Waals surface area contributed by atoms with Crippen molar-refractivity contribution in [1.29, 1.82) is 0 Å². The standard InChI is InChI=1S/C10H14N2O2S/c1-2-14-10-8(11)3-4-9(12-10)15-7-5-13-6-7/h3-4,7H,2,5-6,11H2,1H3. The van der Waals surface area contributed by atoms with Gasteiger partial charge in [0.2, 0.25) is 5.88 Å². The number of rotatable bonds is 4. The van der Waals surface area contributed by atoms with E-state index in [9.17, 15) is 0 Å². The van der Waals surface area contributed by atoms with Crippen LogP contribution in [0.15, 0.2) is 17.2 Å². The van der Waals surface area contributed by atoms with Crippen LogP contribution in [-0.4, -0.2) is 30.1 Å². The fourth-order valence-corrected chi connectivity index (χ4v) is 2.16.